The molecule has 72 valence electrons. The Morgan fingerprint density at radius 1 is 1.43 bits per heavy atom. The minimum Gasteiger partial charge on any atom is -0.396 e. The molecule has 2 rings (SSSR count). The first-order valence-electron chi connectivity index (χ1n) is 3.84. The fourth-order valence-corrected chi connectivity index (χ4v) is 1.90. The normalized spacial score (nSPS) is 10.4. The van der Waals surface area contributed by atoms with E-state index in [9.17, 15) is 4.39 Å². The van der Waals surface area contributed by atoms with Gasteiger partial charge >= 0.3 is 0 Å². The van der Waals surface area contributed by atoms with Crippen LogP contribution in [-0.4, -0.2) is 4.37 Å². The number of aromatic nitrogens is 1. The zero-order valence-electron chi connectivity index (χ0n) is 7.00. The van der Waals surface area contributed by atoms with Crippen molar-refractivity contribution in [3.05, 3.63) is 34.4 Å². The zero-order valence-corrected chi connectivity index (χ0v) is 8.57. The maximum atomic E-state index is 13.1. The fraction of sp³-hybridized carbons (Fsp3) is 0. The van der Waals surface area contributed by atoms with Crippen LogP contribution in [0.4, 0.5) is 10.1 Å². The quantitative estimate of drug-likeness (QED) is 0.762. The van der Waals surface area contributed by atoms with Crippen molar-refractivity contribution in [1.29, 1.82) is 0 Å². The Balaban J connectivity index is 2.60. The predicted octanol–water partition coefficient (Wildman–Crippen LogP) is 3.18. The van der Waals surface area contributed by atoms with Gasteiger partial charge in [-0.15, -0.1) is 0 Å². The minimum absolute atomic E-state index is 0.0500. The third kappa shape index (κ3) is 1.58. The SMILES string of the molecule is Nc1cc(Cl)c(-c2ccsn2)cc1F. The van der Waals surface area contributed by atoms with Crippen molar-refractivity contribution in [2.24, 2.45) is 0 Å². The Labute approximate surface area is 89.3 Å². The van der Waals surface area contributed by atoms with Gasteiger partial charge in [-0.2, -0.15) is 4.37 Å². The van der Waals surface area contributed by atoms with Crippen molar-refractivity contribution < 1.29 is 4.39 Å². The Bertz CT molecular complexity index is 456. The Morgan fingerprint density at radius 3 is 2.86 bits per heavy atom. The first-order chi connectivity index (χ1) is 6.68. The molecule has 14 heavy (non-hydrogen) atoms. The average molecular weight is 229 g/mol. The van der Waals surface area contributed by atoms with Crippen molar-refractivity contribution in [2.75, 3.05) is 5.73 Å². The second kappa shape index (κ2) is 3.55. The maximum Gasteiger partial charge on any atom is 0.146 e. The van der Waals surface area contributed by atoms with E-state index in [0.29, 0.717) is 16.3 Å². The second-order valence-corrected chi connectivity index (χ2v) is 3.81. The van der Waals surface area contributed by atoms with Crippen molar-refractivity contribution in [2.45, 2.75) is 0 Å². The van der Waals surface area contributed by atoms with Gasteiger partial charge in [-0.25, -0.2) is 4.39 Å². The van der Waals surface area contributed by atoms with Crippen LogP contribution in [0.3, 0.4) is 0 Å². The molecule has 2 nitrogen and oxygen atoms in total. The smallest absolute Gasteiger partial charge is 0.146 e. The Morgan fingerprint density at radius 2 is 2.21 bits per heavy atom. The first kappa shape index (κ1) is 9.43. The lowest BCUT2D eigenvalue weighted by Crippen LogP contribution is -1.91. The summed E-state index contributed by atoms with van der Waals surface area (Å²) in [6.07, 6.45) is 0. The maximum absolute atomic E-state index is 13.1. The van der Waals surface area contributed by atoms with E-state index in [-0.39, 0.29) is 5.69 Å². The molecule has 0 bridgehead atoms. The third-order valence-corrected chi connectivity index (χ3v) is 2.67. The van der Waals surface area contributed by atoms with Crippen LogP contribution in [-0.2, 0) is 0 Å². The summed E-state index contributed by atoms with van der Waals surface area (Å²) in [5.41, 5.74) is 6.65. The summed E-state index contributed by atoms with van der Waals surface area (Å²) in [5, 5.41) is 2.22. The lowest BCUT2D eigenvalue weighted by atomic mass is 10.1. The van der Waals surface area contributed by atoms with Crippen LogP contribution in [0.1, 0.15) is 0 Å². The van der Waals surface area contributed by atoms with Gasteiger partial charge in [0.15, 0.2) is 0 Å². The highest BCUT2D eigenvalue weighted by Crippen LogP contribution is 2.30. The number of halogens is 2. The summed E-state index contributed by atoms with van der Waals surface area (Å²) in [5.74, 6) is -0.475. The Kier molecular flexibility index (Phi) is 2.39. The molecule has 0 saturated carbocycles. The van der Waals surface area contributed by atoms with E-state index in [0.717, 1.165) is 0 Å². The molecule has 5 heteroatoms. The third-order valence-electron chi connectivity index (χ3n) is 1.80. The molecule has 0 aliphatic heterocycles. The number of nitrogen functional groups attached to an aromatic ring is 1. The number of hydrogen-bond donors (Lipinski definition) is 1. The molecule has 0 atom stereocenters. The number of benzene rings is 1. The van der Waals surface area contributed by atoms with Gasteiger partial charge < -0.3 is 5.73 Å². The molecule has 0 spiro atoms. The van der Waals surface area contributed by atoms with E-state index < -0.39 is 5.82 Å². The first-order valence-corrected chi connectivity index (χ1v) is 5.05. The van der Waals surface area contributed by atoms with E-state index in [1.807, 2.05) is 0 Å². The topological polar surface area (TPSA) is 38.9 Å². The molecule has 1 aromatic heterocycles. The molecule has 2 N–H and O–H groups in total. The molecular weight excluding hydrogens is 223 g/mol. The van der Waals surface area contributed by atoms with Crippen molar-refractivity contribution in [1.82, 2.24) is 4.37 Å². The number of anilines is 1. The highest BCUT2D eigenvalue weighted by atomic mass is 35.5. The largest absolute Gasteiger partial charge is 0.396 e. The Hall–Kier alpha value is -1.13. The molecule has 1 aromatic carbocycles. The zero-order chi connectivity index (χ0) is 10.1. The van der Waals surface area contributed by atoms with Gasteiger partial charge in [-0.3, -0.25) is 0 Å². The van der Waals surface area contributed by atoms with E-state index in [1.165, 1.54) is 23.7 Å². The van der Waals surface area contributed by atoms with Gasteiger partial charge in [0.05, 0.1) is 16.4 Å². The van der Waals surface area contributed by atoms with Crippen LogP contribution < -0.4 is 5.73 Å². The summed E-state index contributed by atoms with van der Waals surface area (Å²) in [7, 11) is 0. The standard InChI is InChI=1S/C9H6ClFN2S/c10-6-4-8(12)7(11)3-5(6)9-1-2-14-13-9/h1-4H,12H2. The molecular formula is C9H6ClFN2S. The number of nitrogens with zero attached hydrogens (tertiary/aromatic N) is 1. The van der Waals surface area contributed by atoms with Crippen molar-refractivity contribution in [3.63, 3.8) is 0 Å². The molecule has 1 heterocycles. The van der Waals surface area contributed by atoms with Crippen LogP contribution >= 0.6 is 23.1 Å². The summed E-state index contributed by atoms with van der Waals surface area (Å²) in [6.45, 7) is 0. The van der Waals surface area contributed by atoms with Crippen LogP contribution in [0.25, 0.3) is 11.3 Å². The van der Waals surface area contributed by atoms with Gasteiger partial charge in [-0.1, -0.05) is 11.6 Å². The van der Waals surface area contributed by atoms with Gasteiger partial charge in [0, 0.05) is 10.9 Å². The second-order valence-electron chi connectivity index (χ2n) is 2.74. The van der Waals surface area contributed by atoms with Gasteiger partial charge in [0.2, 0.25) is 0 Å². The highest BCUT2D eigenvalue weighted by Gasteiger charge is 2.09. The number of nitrogens with two attached hydrogens (primary N) is 1. The molecule has 0 aliphatic carbocycles. The van der Waals surface area contributed by atoms with E-state index in [4.69, 9.17) is 17.3 Å². The van der Waals surface area contributed by atoms with Crippen molar-refractivity contribution >= 4 is 28.8 Å². The summed E-state index contributed by atoms with van der Waals surface area (Å²) < 4.78 is 17.2. The van der Waals surface area contributed by atoms with E-state index in [2.05, 4.69) is 4.37 Å². The van der Waals surface area contributed by atoms with Gasteiger partial charge in [0.25, 0.3) is 0 Å². The van der Waals surface area contributed by atoms with Crippen LogP contribution in [0.15, 0.2) is 23.6 Å². The molecule has 0 aliphatic rings. The molecule has 0 fully saturated rings. The molecule has 0 saturated heterocycles. The number of hydrogen-bond acceptors (Lipinski definition) is 3. The summed E-state index contributed by atoms with van der Waals surface area (Å²) in [6, 6.07) is 4.47. The van der Waals surface area contributed by atoms with E-state index >= 15 is 0 Å². The van der Waals surface area contributed by atoms with Crippen LogP contribution in [0.5, 0.6) is 0 Å². The van der Waals surface area contributed by atoms with Gasteiger partial charge in [0.1, 0.15) is 5.82 Å². The fourth-order valence-electron chi connectivity index (χ4n) is 1.11. The summed E-state index contributed by atoms with van der Waals surface area (Å²) in [4.78, 5) is 0. The molecule has 0 unspecified atom stereocenters. The monoisotopic (exact) mass is 228 g/mol. The minimum atomic E-state index is -0.475. The molecule has 0 radical (unpaired) electrons. The van der Waals surface area contributed by atoms with Gasteiger partial charge in [-0.05, 0) is 29.7 Å². The number of rotatable bonds is 1. The average Bonchev–Trinajstić information content (AvgIpc) is 2.64. The van der Waals surface area contributed by atoms with E-state index in [1.54, 1.807) is 11.4 Å². The van der Waals surface area contributed by atoms with Crippen LogP contribution in [0.2, 0.25) is 5.02 Å². The molecule has 0 amide bonds. The lowest BCUT2D eigenvalue weighted by Gasteiger charge is -2.03. The predicted molar refractivity (Wildman–Crippen MR) is 56.9 cm³/mol. The molecule has 2 aromatic rings. The lowest BCUT2D eigenvalue weighted by molar-refractivity contribution is 0.633. The van der Waals surface area contributed by atoms with Crippen LogP contribution in [0, 0.1) is 5.82 Å². The summed E-state index contributed by atoms with van der Waals surface area (Å²) >= 11 is 7.20. The highest BCUT2D eigenvalue weighted by molar-refractivity contribution is 7.03. The van der Waals surface area contributed by atoms with Crippen molar-refractivity contribution in [3.8, 4) is 11.3 Å².